The number of amides is 1. The van der Waals surface area contributed by atoms with Crippen LogP contribution >= 0.6 is 15.9 Å². The second-order valence-electron chi connectivity index (χ2n) is 5.82. The highest BCUT2D eigenvalue weighted by Gasteiger charge is 2.18. The first kappa shape index (κ1) is 17.4. The zero-order chi connectivity index (χ0) is 18.1. The summed E-state index contributed by atoms with van der Waals surface area (Å²) >= 11 is 3.41. The summed E-state index contributed by atoms with van der Waals surface area (Å²) in [6.07, 6.45) is 5.28. The third-order valence-electron chi connectivity index (χ3n) is 4.20. The summed E-state index contributed by atoms with van der Waals surface area (Å²) in [4.78, 5) is 12.4. The van der Waals surface area contributed by atoms with Gasteiger partial charge in [0, 0.05) is 31.0 Å². The number of hydrogen-bond donors (Lipinski definition) is 1. The number of hydrogen-bond acceptors (Lipinski definition) is 4. The molecule has 25 heavy (non-hydrogen) atoms. The van der Waals surface area contributed by atoms with E-state index >= 15 is 0 Å². The van der Waals surface area contributed by atoms with Crippen LogP contribution in [0.2, 0.25) is 0 Å². The first-order valence-corrected chi connectivity index (χ1v) is 8.74. The molecule has 0 radical (unpaired) electrons. The van der Waals surface area contributed by atoms with Crippen LogP contribution in [0.1, 0.15) is 34.4 Å². The van der Waals surface area contributed by atoms with Gasteiger partial charge in [0.25, 0.3) is 5.91 Å². The molecule has 0 spiro atoms. The molecule has 0 aromatic carbocycles. The third kappa shape index (κ3) is 3.37. The van der Waals surface area contributed by atoms with Gasteiger partial charge in [0.05, 0.1) is 34.8 Å². The first-order valence-electron chi connectivity index (χ1n) is 7.94. The quantitative estimate of drug-likeness (QED) is 0.706. The molecule has 1 amide bonds. The lowest BCUT2D eigenvalue weighted by Gasteiger charge is -2.03. The fraction of sp³-hybridized carbons (Fsp3) is 0.375. The van der Waals surface area contributed by atoms with Crippen LogP contribution in [0.3, 0.4) is 0 Å². The molecular formula is C16H20BrN7O. The summed E-state index contributed by atoms with van der Waals surface area (Å²) in [5.41, 5.74) is 4.10. The van der Waals surface area contributed by atoms with E-state index in [0.717, 1.165) is 23.5 Å². The lowest BCUT2D eigenvalue weighted by molar-refractivity contribution is 0.102. The lowest BCUT2D eigenvalue weighted by Crippen LogP contribution is -2.13. The molecule has 3 rings (SSSR count). The molecule has 1 N–H and O–H groups in total. The largest absolute Gasteiger partial charge is 0.318 e. The van der Waals surface area contributed by atoms with Crippen LogP contribution in [0.4, 0.5) is 5.69 Å². The van der Waals surface area contributed by atoms with E-state index in [1.54, 1.807) is 28.8 Å². The average molecular weight is 406 g/mol. The Hall–Kier alpha value is -2.42. The highest BCUT2D eigenvalue weighted by Crippen LogP contribution is 2.21. The van der Waals surface area contributed by atoms with Gasteiger partial charge in [-0.15, -0.1) is 0 Å². The van der Waals surface area contributed by atoms with Gasteiger partial charge in [0.2, 0.25) is 0 Å². The van der Waals surface area contributed by atoms with Crippen LogP contribution in [0, 0.1) is 13.8 Å². The van der Waals surface area contributed by atoms with Crippen molar-refractivity contribution >= 4 is 27.5 Å². The van der Waals surface area contributed by atoms with Crippen molar-refractivity contribution in [2.45, 2.75) is 33.9 Å². The Bertz CT molecular complexity index is 921. The van der Waals surface area contributed by atoms with E-state index < -0.39 is 0 Å². The van der Waals surface area contributed by atoms with Crippen LogP contribution in [-0.2, 0) is 20.1 Å². The lowest BCUT2D eigenvalue weighted by atomic mass is 10.2. The second-order valence-corrected chi connectivity index (χ2v) is 6.62. The highest BCUT2D eigenvalue weighted by molar-refractivity contribution is 9.10. The molecule has 0 aliphatic rings. The standard InChI is InChI=1S/C16H20BrN7O/c1-5-24-10(2)12(6-19-24)8-23-9-13(7-18-23)20-16(25)15-14(17)11(3)22(4)21-15/h6-7,9H,5,8H2,1-4H3,(H,20,25). The van der Waals surface area contributed by atoms with Gasteiger partial charge in [-0.3, -0.25) is 18.8 Å². The molecule has 0 aliphatic heterocycles. The van der Waals surface area contributed by atoms with Crippen molar-refractivity contribution in [2.24, 2.45) is 7.05 Å². The third-order valence-corrected chi connectivity index (χ3v) is 5.15. The molecule has 3 heterocycles. The van der Waals surface area contributed by atoms with Gasteiger partial charge in [-0.05, 0) is 36.7 Å². The van der Waals surface area contributed by atoms with Gasteiger partial charge in [0.15, 0.2) is 5.69 Å². The van der Waals surface area contributed by atoms with Crippen LogP contribution in [0.5, 0.6) is 0 Å². The summed E-state index contributed by atoms with van der Waals surface area (Å²) in [5, 5.41) is 15.7. The molecule has 132 valence electrons. The molecule has 9 heteroatoms. The molecule has 0 bridgehead atoms. The van der Waals surface area contributed by atoms with Crippen molar-refractivity contribution in [1.29, 1.82) is 0 Å². The maximum absolute atomic E-state index is 12.4. The number of carbonyl (C=O) groups is 1. The minimum Gasteiger partial charge on any atom is -0.318 e. The van der Waals surface area contributed by atoms with Gasteiger partial charge in [-0.25, -0.2) is 0 Å². The van der Waals surface area contributed by atoms with Crippen LogP contribution < -0.4 is 5.32 Å². The van der Waals surface area contributed by atoms with E-state index in [0.29, 0.717) is 22.4 Å². The van der Waals surface area contributed by atoms with E-state index in [1.807, 2.05) is 24.7 Å². The van der Waals surface area contributed by atoms with Crippen molar-refractivity contribution in [3.05, 3.63) is 45.7 Å². The van der Waals surface area contributed by atoms with Crippen molar-refractivity contribution in [3.63, 3.8) is 0 Å². The first-order chi connectivity index (χ1) is 11.9. The molecule has 3 aromatic rings. The van der Waals surface area contributed by atoms with Gasteiger partial charge < -0.3 is 5.32 Å². The zero-order valence-electron chi connectivity index (χ0n) is 14.6. The molecule has 0 atom stereocenters. The minimum absolute atomic E-state index is 0.273. The van der Waals surface area contributed by atoms with E-state index in [2.05, 4.69) is 43.5 Å². The summed E-state index contributed by atoms with van der Waals surface area (Å²) in [6, 6.07) is 0. The summed E-state index contributed by atoms with van der Waals surface area (Å²) < 4.78 is 6.08. The highest BCUT2D eigenvalue weighted by atomic mass is 79.9. The summed E-state index contributed by atoms with van der Waals surface area (Å²) in [7, 11) is 1.80. The van der Waals surface area contributed by atoms with Crippen LogP contribution in [0.15, 0.2) is 23.1 Å². The Kier molecular flexibility index (Phi) is 4.76. The Labute approximate surface area is 154 Å². The number of nitrogens with one attached hydrogen (secondary N) is 1. The Morgan fingerprint density at radius 2 is 2.00 bits per heavy atom. The molecule has 8 nitrogen and oxygen atoms in total. The van der Waals surface area contributed by atoms with Gasteiger partial charge in [0.1, 0.15) is 0 Å². The smallest absolute Gasteiger partial charge is 0.277 e. The fourth-order valence-electron chi connectivity index (χ4n) is 2.57. The van der Waals surface area contributed by atoms with Gasteiger partial charge in [-0.2, -0.15) is 15.3 Å². The number of carbonyl (C=O) groups excluding carboxylic acids is 1. The van der Waals surface area contributed by atoms with E-state index in [-0.39, 0.29) is 5.91 Å². The number of rotatable bonds is 5. The zero-order valence-corrected chi connectivity index (χ0v) is 16.2. The topological polar surface area (TPSA) is 82.6 Å². The van der Waals surface area contributed by atoms with Crippen LogP contribution in [0.25, 0.3) is 0 Å². The van der Waals surface area contributed by atoms with Crippen molar-refractivity contribution in [1.82, 2.24) is 29.3 Å². The number of halogens is 1. The predicted molar refractivity (Wildman–Crippen MR) is 97.6 cm³/mol. The molecule has 0 saturated heterocycles. The fourth-order valence-corrected chi connectivity index (χ4v) is 3.08. The number of anilines is 1. The second kappa shape index (κ2) is 6.83. The van der Waals surface area contributed by atoms with Crippen molar-refractivity contribution < 1.29 is 4.79 Å². The predicted octanol–water partition coefficient (Wildman–Crippen LogP) is 2.51. The summed E-state index contributed by atoms with van der Waals surface area (Å²) in [6.45, 7) is 7.44. The molecule has 0 saturated carbocycles. The SMILES string of the molecule is CCn1ncc(Cn2cc(NC(=O)c3nn(C)c(C)c3Br)cn2)c1C. The van der Waals surface area contributed by atoms with E-state index in [9.17, 15) is 4.79 Å². The maximum atomic E-state index is 12.4. The number of aryl methyl sites for hydroxylation is 2. The number of aromatic nitrogens is 6. The molecule has 3 aromatic heterocycles. The summed E-state index contributed by atoms with van der Waals surface area (Å²) in [5.74, 6) is -0.273. The van der Waals surface area contributed by atoms with Crippen molar-refractivity contribution in [2.75, 3.05) is 5.32 Å². The van der Waals surface area contributed by atoms with Crippen LogP contribution in [-0.4, -0.2) is 35.2 Å². The molecule has 0 unspecified atom stereocenters. The maximum Gasteiger partial charge on any atom is 0.277 e. The van der Waals surface area contributed by atoms with Gasteiger partial charge in [-0.1, -0.05) is 0 Å². The minimum atomic E-state index is -0.273. The Balaban J connectivity index is 1.72. The molecule has 0 aliphatic carbocycles. The average Bonchev–Trinajstić information content (AvgIpc) is 3.24. The normalized spacial score (nSPS) is 11.1. The molecular weight excluding hydrogens is 386 g/mol. The van der Waals surface area contributed by atoms with Gasteiger partial charge >= 0.3 is 0 Å². The Morgan fingerprint density at radius 1 is 1.24 bits per heavy atom. The van der Waals surface area contributed by atoms with E-state index in [1.165, 1.54) is 0 Å². The number of nitrogens with zero attached hydrogens (tertiary/aromatic N) is 6. The Morgan fingerprint density at radius 3 is 2.60 bits per heavy atom. The molecule has 0 fully saturated rings. The van der Waals surface area contributed by atoms with E-state index in [4.69, 9.17) is 0 Å². The van der Waals surface area contributed by atoms with Crippen molar-refractivity contribution in [3.8, 4) is 0 Å². The monoisotopic (exact) mass is 405 g/mol.